The molecule has 1 amide bonds. The van der Waals surface area contributed by atoms with Crippen LogP contribution in [0.1, 0.15) is 5.56 Å². The Hall–Kier alpha value is -2.39. The minimum Gasteiger partial charge on any atom is -0.408 e. The van der Waals surface area contributed by atoms with Gasteiger partial charge in [-0.1, -0.05) is 41.1 Å². The number of rotatable bonds is 6. The molecule has 31 heavy (non-hydrogen) atoms. The molecule has 0 bridgehead atoms. The van der Waals surface area contributed by atoms with Crippen LogP contribution in [0.3, 0.4) is 0 Å². The van der Waals surface area contributed by atoms with Crippen molar-refractivity contribution < 1.29 is 9.21 Å². The van der Waals surface area contributed by atoms with Crippen LogP contribution in [-0.2, 0) is 11.3 Å². The minimum absolute atomic E-state index is 0. The lowest BCUT2D eigenvalue weighted by molar-refractivity contribution is -0.119. The SMILES string of the molecule is Cc1ccc(Cl)c2sc(N(CCN(C)C)C(=O)Cn3c(=O)oc4ccccc43)nc12.Cl. The number of thiazole rings is 1. The van der Waals surface area contributed by atoms with Crippen molar-refractivity contribution in [1.29, 1.82) is 0 Å². The number of carbonyl (C=O) groups excluding carboxylic acids is 1. The van der Waals surface area contributed by atoms with Crippen molar-refractivity contribution in [2.24, 2.45) is 0 Å². The monoisotopic (exact) mass is 480 g/mol. The Kier molecular flexibility index (Phi) is 7.06. The molecule has 0 fully saturated rings. The fourth-order valence-corrected chi connectivity index (χ4v) is 4.58. The number of nitrogens with zero attached hydrogens (tertiary/aromatic N) is 4. The summed E-state index contributed by atoms with van der Waals surface area (Å²) >= 11 is 7.74. The average molecular weight is 481 g/mol. The van der Waals surface area contributed by atoms with Crippen molar-refractivity contribution in [3.63, 3.8) is 0 Å². The van der Waals surface area contributed by atoms with Gasteiger partial charge in [0.05, 0.1) is 20.8 Å². The smallest absolute Gasteiger partial charge is 0.408 e. The van der Waals surface area contributed by atoms with Crippen LogP contribution in [0.2, 0.25) is 5.02 Å². The summed E-state index contributed by atoms with van der Waals surface area (Å²) in [6.45, 7) is 2.92. The summed E-state index contributed by atoms with van der Waals surface area (Å²) in [5.74, 6) is -0.793. The van der Waals surface area contributed by atoms with E-state index in [-0.39, 0.29) is 24.9 Å². The minimum atomic E-state index is -0.555. The Bertz CT molecular complexity index is 1260. The van der Waals surface area contributed by atoms with Crippen LogP contribution in [0, 0.1) is 6.92 Å². The highest BCUT2D eigenvalue weighted by Gasteiger charge is 2.23. The van der Waals surface area contributed by atoms with Gasteiger partial charge in [-0.3, -0.25) is 14.3 Å². The van der Waals surface area contributed by atoms with Crippen molar-refractivity contribution in [2.45, 2.75) is 13.5 Å². The van der Waals surface area contributed by atoms with Gasteiger partial charge in [-0.25, -0.2) is 9.78 Å². The van der Waals surface area contributed by atoms with Gasteiger partial charge < -0.3 is 9.32 Å². The number of halogens is 2. The molecule has 0 unspecified atom stereocenters. The van der Waals surface area contributed by atoms with Crippen LogP contribution < -0.4 is 10.7 Å². The summed E-state index contributed by atoms with van der Waals surface area (Å²) in [5.41, 5.74) is 2.83. The lowest BCUT2D eigenvalue weighted by Crippen LogP contribution is -2.39. The summed E-state index contributed by atoms with van der Waals surface area (Å²) in [6.07, 6.45) is 0. The van der Waals surface area contributed by atoms with Gasteiger partial charge in [-0.2, -0.15) is 0 Å². The van der Waals surface area contributed by atoms with E-state index >= 15 is 0 Å². The molecule has 4 rings (SSSR count). The zero-order valence-corrected chi connectivity index (χ0v) is 19.7. The van der Waals surface area contributed by atoms with E-state index < -0.39 is 5.76 Å². The van der Waals surface area contributed by atoms with Gasteiger partial charge in [-0.05, 0) is 44.8 Å². The molecule has 0 saturated heterocycles. The number of amides is 1. The number of aryl methyl sites for hydroxylation is 1. The maximum atomic E-state index is 13.3. The van der Waals surface area contributed by atoms with Crippen molar-refractivity contribution in [2.75, 3.05) is 32.1 Å². The largest absolute Gasteiger partial charge is 0.420 e. The second-order valence-electron chi connectivity index (χ2n) is 7.31. The third kappa shape index (κ3) is 4.62. The van der Waals surface area contributed by atoms with E-state index in [4.69, 9.17) is 21.0 Å². The third-order valence-electron chi connectivity index (χ3n) is 4.86. The molecule has 0 atom stereocenters. The first-order chi connectivity index (χ1) is 14.3. The number of anilines is 1. The second-order valence-corrected chi connectivity index (χ2v) is 8.69. The number of oxazole rings is 1. The summed E-state index contributed by atoms with van der Waals surface area (Å²) in [6, 6.07) is 10.8. The molecule has 7 nitrogen and oxygen atoms in total. The number of fused-ring (bicyclic) bond motifs is 2. The highest BCUT2D eigenvalue weighted by molar-refractivity contribution is 7.23. The molecule has 0 saturated carbocycles. The van der Waals surface area contributed by atoms with Crippen LogP contribution in [0.15, 0.2) is 45.6 Å². The zero-order valence-electron chi connectivity index (χ0n) is 17.3. The molecule has 2 aromatic carbocycles. The number of benzene rings is 2. The maximum Gasteiger partial charge on any atom is 0.420 e. The van der Waals surface area contributed by atoms with Crippen molar-refractivity contribution >= 4 is 67.7 Å². The predicted octanol–water partition coefficient (Wildman–Crippen LogP) is 4.18. The summed E-state index contributed by atoms with van der Waals surface area (Å²) in [5, 5.41) is 1.17. The number of hydrogen-bond donors (Lipinski definition) is 0. The number of para-hydroxylation sites is 2. The summed E-state index contributed by atoms with van der Waals surface area (Å²) in [4.78, 5) is 33.9. The third-order valence-corrected chi connectivity index (χ3v) is 6.39. The van der Waals surface area contributed by atoms with Crippen molar-refractivity contribution in [3.8, 4) is 0 Å². The van der Waals surface area contributed by atoms with E-state index in [0.29, 0.717) is 34.3 Å². The molecule has 10 heteroatoms. The van der Waals surface area contributed by atoms with Crippen LogP contribution in [-0.4, -0.2) is 47.5 Å². The maximum absolute atomic E-state index is 13.3. The van der Waals surface area contributed by atoms with Gasteiger partial charge in [0.2, 0.25) is 5.91 Å². The Labute approximate surface area is 194 Å². The lowest BCUT2D eigenvalue weighted by atomic mass is 10.2. The molecule has 0 N–H and O–H groups in total. The fraction of sp³-hybridized carbons (Fsp3) is 0.286. The first kappa shape index (κ1) is 23.3. The quantitative estimate of drug-likeness (QED) is 0.413. The molecule has 2 heterocycles. The van der Waals surface area contributed by atoms with Gasteiger partial charge >= 0.3 is 5.76 Å². The molecular weight excluding hydrogens is 459 g/mol. The Morgan fingerprint density at radius 3 is 2.65 bits per heavy atom. The first-order valence-electron chi connectivity index (χ1n) is 9.44. The van der Waals surface area contributed by atoms with Crippen molar-refractivity contribution in [1.82, 2.24) is 14.5 Å². The zero-order chi connectivity index (χ0) is 21.4. The Morgan fingerprint density at radius 1 is 1.19 bits per heavy atom. The van der Waals surface area contributed by atoms with Gasteiger partial charge in [-0.15, -0.1) is 12.4 Å². The first-order valence-corrected chi connectivity index (χ1v) is 10.6. The number of carbonyl (C=O) groups is 1. The van der Waals surface area contributed by atoms with E-state index in [2.05, 4.69) is 0 Å². The predicted molar refractivity (Wildman–Crippen MR) is 128 cm³/mol. The molecule has 0 aliphatic heterocycles. The van der Waals surface area contributed by atoms with Gasteiger partial charge in [0.15, 0.2) is 10.7 Å². The van der Waals surface area contributed by atoms with Crippen molar-refractivity contribution in [3.05, 3.63) is 57.5 Å². The molecule has 0 radical (unpaired) electrons. The molecule has 164 valence electrons. The summed E-state index contributed by atoms with van der Waals surface area (Å²) < 4.78 is 7.46. The van der Waals surface area contributed by atoms with E-state index in [1.165, 1.54) is 15.9 Å². The highest BCUT2D eigenvalue weighted by Crippen LogP contribution is 2.35. The van der Waals surface area contributed by atoms with Crippen LogP contribution >= 0.6 is 35.3 Å². The van der Waals surface area contributed by atoms with Crippen LogP contribution in [0.25, 0.3) is 21.3 Å². The van der Waals surface area contributed by atoms with Gasteiger partial charge in [0.1, 0.15) is 6.54 Å². The van der Waals surface area contributed by atoms with Crippen LogP contribution in [0.4, 0.5) is 5.13 Å². The lowest BCUT2D eigenvalue weighted by Gasteiger charge is -2.22. The molecule has 0 aliphatic carbocycles. The van der Waals surface area contributed by atoms with E-state index in [1.807, 2.05) is 38.1 Å². The number of aromatic nitrogens is 2. The van der Waals surface area contributed by atoms with Crippen LogP contribution in [0.5, 0.6) is 0 Å². The molecule has 0 aliphatic rings. The normalized spacial score (nSPS) is 11.3. The van der Waals surface area contributed by atoms with Gasteiger partial charge in [0.25, 0.3) is 0 Å². The number of hydrogen-bond acceptors (Lipinski definition) is 6. The number of likely N-dealkylation sites (N-methyl/N-ethyl adjacent to an activating group) is 1. The Morgan fingerprint density at radius 2 is 1.94 bits per heavy atom. The standard InChI is InChI=1S/C21H21ClN4O3S.ClH/c1-13-8-9-14(22)19-18(13)23-20(30-19)25(11-10-24(2)3)17(27)12-26-15-6-4-5-7-16(15)29-21(26)28;/h4-9H,10-12H2,1-3H3;1H. The van der Waals surface area contributed by atoms with E-state index in [9.17, 15) is 9.59 Å². The summed E-state index contributed by atoms with van der Waals surface area (Å²) in [7, 11) is 3.88. The molecule has 4 aromatic rings. The second kappa shape index (κ2) is 9.40. The van der Waals surface area contributed by atoms with E-state index in [1.54, 1.807) is 29.2 Å². The van der Waals surface area contributed by atoms with E-state index in [0.717, 1.165) is 15.8 Å². The highest BCUT2D eigenvalue weighted by atomic mass is 35.5. The average Bonchev–Trinajstić information content (AvgIpc) is 3.28. The Balaban J connectivity index is 0.00000272. The molecule has 0 spiro atoms. The molecule has 2 aromatic heterocycles. The van der Waals surface area contributed by atoms with Gasteiger partial charge in [0, 0.05) is 13.1 Å². The molecular formula is C21H22Cl2N4O3S. The fourth-order valence-electron chi connectivity index (χ4n) is 3.22. The topological polar surface area (TPSA) is 71.6 Å².